The fourth-order valence-corrected chi connectivity index (χ4v) is 3.92. The molecule has 0 aliphatic carbocycles. The van der Waals surface area contributed by atoms with E-state index in [-0.39, 0.29) is 24.0 Å². The van der Waals surface area contributed by atoms with Gasteiger partial charge in [-0.2, -0.15) is 0 Å². The summed E-state index contributed by atoms with van der Waals surface area (Å²) in [4.78, 5) is 14.6. The Morgan fingerprint density at radius 1 is 1.36 bits per heavy atom. The van der Waals surface area contributed by atoms with Crippen LogP contribution in [0.15, 0.2) is 18.2 Å². The Morgan fingerprint density at radius 3 is 3.00 bits per heavy atom. The van der Waals surface area contributed by atoms with E-state index in [1.165, 1.54) is 0 Å². The highest BCUT2D eigenvalue weighted by molar-refractivity contribution is 5.77. The highest BCUT2D eigenvalue weighted by Crippen LogP contribution is 2.30. The van der Waals surface area contributed by atoms with Crippen LogP contribution in [0.1, 0.15) is 36.8 Å². The summed E-state index contributed by atoms with van der Waals surface area (Å²) < 4.78 is 11.4. The fourth-order valence-electron chi connectivity index (χ4n) is 3.92. The van der Waals surface area contributed by atoms with Crippen molar-refractivity contribution in [3.63, 3.8) is 0 Å². The van der Waals surface area contributed by atoms with Gasteiger partial charge in [-0.1, -0.05) is 12.1 Å². The molecule has 25 heavy (non-hydrogen) atoms. The first-order valence-corrected chi connectivity index (χ1v) is 9.31. The van der Waals surface area contributed by atoms with E-state index in [1.54, 1.807) is 0 Å². The van der Waals surface area contributed by atoms with Crippen molar-refractivity contribution in [2.45, 2.75) is 51.7 Å². The van der Waals surface area contributed by atoms with Crippen LogP contribution >= 0.6 is 0 Å². The van der Waals surface area contributed by atoms with Gasteiger partial charge >= 0.3 is 0 Å². The Labute approximate surface area is 149 Å². The molecule has 2 aliphatic heterocycles. The molecule has 0 saturated carbocycles. The van der Waals surface area contributed by atoms with E-state index < -0.39 is 0 Å². The molecular formula is C20H29NO4. The summed E-state index contributed by atoms with van der Waals surface area (Å²) in [5.74, 6) is 1.01. The van der Waals surface area contributed by atoms with Crippen LogP contribution in [0, 0.1) is 19.8 Å². The van der Waals surface area contributed by atoms with Crippen LogP contribution < -0.4 is 4.74 Å². The minimum atomic E-state index is -0.363. The third-order valence-corrected chi connectivity index (χ3v) is 5.39. The largest absolute Gasteiger partial charge is 0.493 e. The van der Waals surface area contributed by atoms with Crippen LogP contribution in [-0.2, 0) is 9.53 Å². The lowest BCUT2D eigenvalue weighted by Crippen LogP contribution is -2.48. The van der Waals surface area contributed by atoms with Crippen LogP contribution in [0.5, 0.6) is 5.75 Å². The molecule has 2 heterocycles. The molecule has 2 aliphatic rings. The van der Waals surface area contributed by atoms with Gasteiger partial charge in [-0.15, -0.1) is 0 Å². The average Bonchev–Trinajstić information content (AvgIpc) is 3.08. The predicted molar refractivity (Wildman–Crippen MR) is 95.7 cm³/mol. The highest BCUT2D eigenvalue weighted by atomic mass is 16.5. The van der Waals surface area contributed by atoms with E-state index in [9.17, 15) is 9.90 Å². The summed E-state index contributed by atoms with van der Waals surface area (Å²) in [6.45, 7) is 6.37. The van der Waals surface area contributed by atoms with Gasteiger partial charge in [-0.05, 0) is 50.3 Å². The Kier molecular flexibility index (Phi) is 5.97. The van der Waals surface area contributed by atoms with Crippen molar-refractivity contribution in [2.75, 3.05) is 26.4 Å². The average molecular weight is 347 g/mol. The number of carbonyl (C=O) groups excluding carboxylic acids is 1. The van der Waals surface area contributed by atoms with Gasteiger partial charge in [0.25, 0.3) is 0 Å². The van der Waals surface area contributed by atoms with E-state index >= 15 is 0 Å². The van der Waals surface area contributed by atoms with E-state index in [0.29, 0.717) is 32.7 Å². The van der Waals surface area contributed by atoms with Gasteiger partial charge in [0.05, 0.1) is 25.7 Å². The maximum atomic E-state index is 12.7. The molecule has 3 atom stereocenters. The number of benzene rings is 1. The number of carbonyl (C=O) groups is 1. The van der Waals surface area contributed by atoms with Gasteiger partial charge in [-0.3, -0.25) is 4.79 Å². The molecule has 1 aromatic carbocycles. The molecule has 1 amide bonds. The third-order valence-electron chi connectivity index (χ3n) is 5.39. The Balaban J connectivity index is 1.54. The normalized spacial score (nSPS) is 26.7. The molecule has 0 spiro atoms. The van der Waals surface area contributed by atoms with Crippen molar-refractivity contribution >= 4 is 5.91 Å². The minimum absolute atomic E-state index is 0.0418. The molecule has 0 aromatic heterocycles. The Hall–Kier alpha value is -1.59. The van der Waals surface area contributed by atoms with Crippen LogP contribution in [0.4, 0.5) is 0 Å². The van der Waals surface area contributed by atoms with E-state index in [4.69, 9.17) is 9.47 Å². The third kappa shape index (κ3) is 4.33. The van der Waals surface area contributed by atoms with Gasteiger partial charge in [0.15, 0.2) is 0 Å². The molecule has 5 nitrogen and oxygen atoms in total. The first-order chi connectivity index (χ1) is 12.1. The number of aryl methyl sites for hydroxylation is 2. The number of aliphatic hydroxyl groups is 1. The summed E-state index contributed by atoms with van der Waals surface area (Å²) in [5.41, 5.74) is 2.23. The summed E-state index contributed by atoms with van der Waals surface area (Å²) >= 11 is 0. The lowest BCUT2D eigenvalue weighted by molar-refractivity contribution is -0.136. The summed E-state index contributed by atoms with van der Waals surface area (Å²) in [7, 11) is 0. The van der Waals surface area contributed by atoms with E-state index in [0.717, 1.165) is 36.3 Å². The van der Waals surface area contributed by atoms with Gasteiger partial charge in [0.2, 0.25) is 5.91 Å². The monoisotopic (exact) mass is 347 g/mol. The standard InChI is InChI=1S/C20H29NO4/c1-14-5-6-15(2)19(12-14)25-11-8-20(23)21-9-3-4-17(21)16-13-24-10-7-18(16)22/h5-6,12,16-18,22H,3-4,7-11,13H2,1-2H3. The number of ether oxygens (including phenoxy) is 2. The van der Waals surface area contributed by atoms with E-state index in [2.05, 4.69) is 6.07 Å². The Morgan fingerprint density at radius 2 is 2.20 bits per heavy atom. The van der Waals surface area contributed by atoms with Gasteiger partial charge < -0.3 is 19.5 Å². The molecule has 2 saturated heterocycles. The number of rotatable bonds is 5. The first kappa shape index (κ1) is 18.2. The second kappa shape index (κ2) is 8.19. The topological polar surface area (TPSA) is 59.0 Å². The molecular weight excluding hydrogens is 318 g/mol. The molecule has 5 heteroatoms. The van der Waals surface area contributed by atoms with Crippen LogP contribution in [0.2, 0.25) is 0 Å². The lowest BCUT2D eigenvalue weighted by Gasteiger charge is -2.37. The zero-order chi connectivity index (χ0) is 17.8. The van der Waals surface area contributed by atoms with Gasteiger partial charge in [-0.25, -0.2) is 0 Å². The van der Waals surface area contributed by atoms with Crippen molar-refractivity contribution < 1.29 is 19.4 Å². The lowest BCUT2D eigenvalue weighted by atomic mass is 9.89. The summed E-state index contributed by atoms with van der Waals surface area (Å²) in [5, 5.41) is 10.3. The van der Waals surface area contributed by atoms with Crippen molar-refractivity contribution in [3.05, 3.63) is 29.3 Å². The predicted octanol–water partition coefficient (Wildman–Crippen LogP) is 2.46. The quantitative estimate of drug-likeness (QED) is 0.889. The second-order valence-corrected chi connectivity index (χ2v) is 7.26. The van der Waals surface area contributed by atoms with Crippen molar-refractivity contribution in [1.82, 2.24) is 4.90 Å². The van der Waals surface area contributed by atoms with Crippen molar-refractivity contribution in [2.24, 2.45) is 5.92 Å². The first-order valence-electron chi connectivity index (χ1n) is 9.31. The number of nitrogens with zero attached hydrogens (tertiary/aromatic N) is 1. The molecule has 3 rings (SSSR count). The van der Waals surface area contributed by atoms with Crippen LogP contribution in [-0.4, -0.2) is 54.4 Å². The Bertz CT molecular complexity index is 603. The smallest absolute Gasteiger partial charge is 0.226 e. The van der Waals surface area contributed by atoms with Gasteiger partial charge in [0, 0.05) is 25.1 Å². The maximum absolute atomic E-state index is 12.7. The number of amides is 1. The number of aliphatic hydroxyl groups excluding tert-OH is 1. The SMILES string of the molecule is Cc1ccc(C)c(OCCC(=O)N2CCCC2C2COCCC2O)c1. The molecule has 1 aromatic rings. The molecule has 1 N–H and O–H groups in total. The molecule has 0 bridgehead atoms. The van der Waals surface area contributed by atoms with Crippen molar-refractivity contribution in [1.29, 1.82) is 0 Å². The number of likely N-dealkylation sites (tertiary alicyclic amines) is 1. The highest BCUT2D eigenvalue weighted by Gasteiger charge is 2.39. The van der Waals surface area contributed by atoms with Crippen LogP contribution in [0.3, 0.4) is 0 Å². The van der Waals surface area contributed by atoms with Crippen LogP contribution in [0.25, 0.3) is 0 Å². The summed E-state index contributed by atoms with van der Waals surface area (Å²) in [6, 6.07) is 6.20. The van der Waals surface area contributed by atoms with Gasteiger partial charge in [0.1, 0.15) is 5.75 Å². The molecule has 0 radical (unpaired) electrons. The zero-order valence-corrected chi connectivity index (χ0v) is 15.2. The zero-order valence-electron chi connectivity index (χ0n) is 15.2. The molecule has 3 unspecified atom stereocenters. The number of hydrogen-bond acceptors (Lipinski definition) is 4. The maximum Gasteiger partial charge on any atom is 0.226 e. The van der Waals surface area contributed by atoms with Crippen molar-refractivity contribution in [3.8, 4) is 5.75 Å². The minimum Gasteiger partial charge on any atom is -0.493 e. The molecule has 138 valence electrons. The van der Waals surface area contributed by atoms with E-state index in [1.807, 2.05) is 30.9 Å². The second-order valence-electron chi connectivity index (χ2n) is 7.26. The molecule has 2 fully saturated rings. The number of hydrogen-bond donors (Lipinski definition) is 1. The summed E-state index contributed by atoms with van der Waals surface area (Å²) in [6.07, 6.45) is 2.62. The fraction of sp³-hybridized carbons (Fsp3) is 0.650.